The first-order valence-electron chi connectivity index (χ1n) is 8.29. The van der Waals surface area contributed by atoms with Crippen molar-refractivity contribution in [3.8, 4) is 0 Å². The van der Waals surface area contributed by atoms with Gasteiger partial charge in [0.15, 0.2) is 0 Å². The molecule has 0 aromatic rings. The van der Waals surface area contributed by atoms with Crippen molar-refractivity contribution in [3.05, 3.63) is 0 Å². The van der Waals surface area contributed by atoms with E-state index in [0.717, 1.165) is 26.4 Å². The van der Waals surface area contributed by atoms with E-state index in [1.54, 1.807) is 0 Å². The van der Waals surface area contributed by atoms with Gasteiger partial charge in [0.1, 0.15) is 0 Å². The summed E-state index contributed by atoms with van der Waals surface area (Å²) < 4.78 is 11.1. The summed E-state index contributed by atoms with van der Waals surface area (Å²) in [5.41, 5.74) is 0. The van der Waals surface area contributed by atoms with Crippen LogP contribution in [-0.2, 0) is 9.47 Å². The Morgan fingerprint density at radius 1 is 1.26 bits per heavy atom. The van der Waals surface area contributed by atoms with Crippen molar-refractivity contribution in [2.24, 2.45) is 0 Å². The van der Waals surface area contributed by atoms with Crippen LogP contribution in [0.4, 0.5) is 0 Å². The predicted octanol–water partition coefficient (Wildman–Crippen LogP) is 3.52. The molecule has 19 heavy (non-hydrogen) atoms. The third kappa shape index (κ3) is 8.61. The van der Waals surface area contributed by atoms with E-state index in [1.807, 2.05) is 0 Å². The zero-order valence-electron chi connectivity index (χ0n) is 13.0. The third-order valence-electron chi connectivity index (χ3n) is 3.83. The molecule has 0 aliphatic carbocycles. The van der Waals surface area contributed by atoms with Crippen LogP contribution < -0.4 is 5.32 Å². The zero-order chi connectivity index (χ0) is 13.8. The Hall–Kier alpha value is -0.120. The van der Waals surface area contributed by atoms with Crippen LogP contribution in [0.15, 0.2) is 0 Å². The number of hydrogen-bond donors (Lipinski definition) is 1. The Bertz CT molecular complexity index is 193. The fraction of sp³-hybridized carbons (Fsp3) is 1.00. The van der Waals surface area contributed by atoms with Gasteiger partial charge in [0.05, 0.1) is 6.10 Å². The van der Waals surface area contributed by atoms with Crippen molar-refractivity contribution >= 4 is 0 Å². The van der Waals surface area contributed by atoms with Gasteiger partial charge in [-0.1, -0.05) is 6.92 Å². The smallest absolute Gasteiger partial charge is 0.0576 e. The molecule has 1 rings (SSSR count). The molecule has 0 bridgehead atoms. The van der Waals surface area contributed by atoms with Crippen LogP contribution in [0.5, 0.6) is 0 Å². The van der Waals surface area contributed by atoms with Gasteiger partial charge in [-0.05, 0) is 64.8 Å². The Labute approximate surface area is 119 Å². The summed E-state index contributed by atoms with van der Waals surface area (Å²) in [5, 5.41) is 3.68. The van der Waals surface area contributed by atoms with Crippen LogP contribution >= 0.6 is 0 Å². The molecule has 0 radical (unpaired) electrons. The van der Waals surface area contributed by atoms with Gasteiger partial charge in [-0.15, -0.1) is 0 Å². The molecule has 1 fully saturated rings. The van der Waals surface area contributed by atoms with Crippen molar-refractivity contribution in [2.45, 2.75) is 77.4 Å². The highest BCUT2D eigenvalue weighted by molar-refractivity contribution is 4.70. The molecule has 114 valence electrons. The lowest BCUT2D eigenvalue weighted by Gasteiger charge is -2.19. The number of nitrogens with one attached hydrogen (secondary N) is 1. The molecular formula is C16H33NO2. The van der Waals surface area contributed by atoms with Crippen molar-refractivity contribution in [1.82, 2.24) is 5.32 Å². The van der Waals surface area contributed by atoms with E-state index in [-0.39, 0.29) is 0 Å². The average Bonchev–Trinajstić information content (AvgIpc) is 2.93. The summed E-state index contributed by atoms with van der Waals surface area (Å²) in [5.74, 6) is 0. The second-order valence-corrected chi connectivity index (χ2v) is 5.56. The first-order valence-corrected chi connectivity index (χ1v) is 8.29. The summed E-state index contributed by atoms with van der Waals surface area (Å²) in [4.78, 5) is 0. The van der Waals surface area contributed by atoms with Gasteiger partial charge >= 0.3 is 0 Å². The van der Waals surface area contributed by atoms with E-state index < -0.39 is 0 Å². The van der Waals surface area contributed by atoms with Gasteiger partial charge in [0.25, 0.3) is 0 Å². The topological polar surface area (TPSA) is 30.5 Å². The minimum absolute atomic E-state index is 0.551. The van der Waals surface area contributed by atoms with Gasteiger partial charge in [-0.3, -0.25) is 0 Å². The molecule has 1 aliphatic rings. The van der Waals surface area contributed by atoms with Crippen LogP contribution in [0.2, 0.25) is 0 Å². The van der Waals surface area contributed by atoms with Crippen LogP contribution in [-0.4, -0.2) is 38.5 Å². The van der Waals surface area contributed by atoms with Gasteiger partial charge < -0.3 is 14.8 Å². The zero-order valence-corrected chi connectivity index (χ0v) is 13.0. The summed E-state index contributed by atoms with van der Waals surface area (Å²) in [6.07, 6.45) is 10.5. The van der Waals surface area contributed by atoms with E-state index in [2.05, 4.69) is 19.2 Å². The molecule has 0 amide bonds. The lowest BCUT2D eigenvalue weighted by atomic mass is 10.0. The first kappa shape index (κ1) is 16.9. The Balaban J connectivity index is 2.08. The summed E-state index contributed by atoms with van der Waals surface area (Å²) in [6, 6.07) is 0.668. The molecule has 0 spiro atoms. The number of ether oxygens (including phenoxy) is 2. The van der Waals surface area contributed by atoms with Crippen molar-refractivity contribution in [3.63, 3.8) is 0 Å². The van der Waals surface area contributed by atoms with Crippen molar-refractivity contribution < 1.29 is 9.47 Å². The highest BCUT2D eigenvalue weighted by Crippen LogP contribution is 2.19. The Kier molecular flexibility index (Phi) is 10.4. The van der Waals surface area contributed by atoms with Gasteiger partial charge in [-0.25, -0.2) is 0 Å². The van der Waals surface area contributed by atoms with Gasteiger partial charge in [-0.2, -0.15) is 0 Å². The molecule has 1 aliphatic heterocycles. The largest absolute Gasteiger partial charge is 0.382 e. The minimum Gasteiger partial charge on any atom is -0.382 e. The van der Waals surface area contributed by atoms with Crippen molar-refractivity contribution in [2.75, 3.05) is 26.4 Å². The van der Waals surface area contributed by atoms with Crippen LogP contribution in [0, 0.1) is 0 Å². The molecule has 1 N–H and O–H groups in total. The molecule has 1 saturated heterocycles. The molecule has 1 heterocycles. The van der Waals surface area contributed by atoms with E-state index in [0.29, 0.717) is 12.1 Å². The SMILES string of the molecule is CCCNC(CCCOCC)CCCC1CCCO1. The first-order chi connectivity index (χ1) is 9.36. The maximum atomic E-state index is 5.69. The molecule has 2 atom stereocenters. The second-order valence-electron chi connectivity index (χ2n) is 5.56. The number of rotatable bonds is 12. The predicted molar refractivity (Wildman–Crippen MR) is 80.6 cm³/mol. The molecule has 3 nitrogen and oxygen atoms in total. The quantitative estimate of drug-likeness (QED) is 0.551. The normalized spacial score (nSPS) is 20.8. The Morgan fingerprint density at radius 2 is 2.11 bits per heavy atom. The maximum absolute atomic E-state index is 5.69. The fourth-order valence-electron chi connectivity index (χ4n) is 2.74. The lowest BCUT2D eigenvalue weighted by Crippen LogP contribution is -2.30. The third-order valence-corrected chi connectivity index (χ3v) is 3.83. The second kappa shape index (κ2) is 11.7. The summed E-state index contributed by atoms with van der Waals surface area (Å²) in [6.45, 7) is 8.17. The highest BCUT2D eigenvalue weighted by atomic mass is 16.5. The van der Waals surface area contributed by atoms with E-state index >= 15 is 0 Å². The Morgan fingerprint density at radius 3 is 2.79 bits per heavy atom. The minimum atomic E-state index is 0.551. The molecular weight excluding hydrogens is 238 g/mol. The summed E-state index contributed by atoms with van der Waals surface area (Å²) in [7, 11) is 0. The van der Waals surface area contributed by atoms with Crippen LogP contribution in [0.3, 0.4) is 0 Å². The lowest BCUT2D eigenvalue weighted by molar-refractivity contribution is 0.101. The van der Waals surface area contributed by atoms with Gasteiger partial charge in [0, 0.05) is 25.9 Å². The standard InChI is InChI=1S/C16H33NO2/c1-3-12-17-15(9-6-13-18-4-2)8-5-10-16-11-7-14-19-16/h15-17H,3-14H2,1-2H3. The fourth-order valence-corrected chi connectivity index (χ4v) is 2.74. The molecule has 0 saturated carbocycles. The molecule has 0 aromatic heterocycles. The molecule has 3 heteroatoms. The summed E-state index contributed by atoms with van der Waals surface area (Å²) >= 11 is 0. The monoisotopic (exact) mass is 271 g/mol. The van der Waals surface area contributed by atoms with Crippen LogP contribution in [0.25, 0.3) is 0 Å². The maximum Gasteiger partial charge on any atom is 0.0576 e. The van der Waals surface area contributed by atoms with E-state index in [1.165, 1.54) is 51.4 Å². The van der Waals surface area contributed by atoms with E-state index in [4.69, 9.17) is 9.47 Å². The molecule has 0 aromatic carbocycles. The highest BCUT2D eigenvalue weighted by Gasteiger charge is 2.16. The molecule has 2 unspecified atom stereocenters. The van der Waals surface area contributed by atoms with E-state index in [9.17, 15) is 0 Å². The van der Waals surface area contributed by atoms with Crippen molar-refractivity contribution in [1.29, 1.82) is 0 Å². The van der Waals surface area contributed by atoms with Crippen LogP contribution in [0.1, 0.15) is 65.2 Å². The number of hydrogen-bond acceptors (Lipinski definition) is 3. The van der Waals surface area contributed by atoms with Gasteiger partial charge in [0.2, 0.25) is 0 Å². The average molecular weight is 271 g/mol.